The van der Waals surface area contributed by atoms with Crippen molar-refractivity contribution in [3.05, 3.63) is 52.5 Å². The zero-order valence-corrected chi connectivity index (χ0v) is 12.6. The van der Waals surface area contributed by atoms with Crippen molar-refractivity contribution < 1.29 is 0 Å². The summed E-state index contributed by atoms with van der Waals surface area (Å²) in [6.45, 7) is 0. The Morgan fingerprint density at radius 3 is 2.95 bits per heavy atom. The third-order valence-electron chi connectivity index (χ3n) is 3.24. The van der Waals surface area contributed by atoms with Gasteiger partial charge in [-0.1, -0.05) is 28.1 Å². The fourth-order valence-electron chi connectivity index (χ4n) is 2.13. The number of nitrogens with zero attached hydrogens (tertiary/aromatic N) is 2. The van der Waals surface area contributed by atoms with Crippen molar-refractivity contribution in [3.8, 4) is 0 Å². The number of aryl methyl sites for hydroxylation is 2. The number of hydrogen-bond donors (Lipinski definition) is 2. The first-order valence-corrected chi connectivity index (χ1v) is 7.15. The average Bonchev–Trinajstić information content (AvgIpc) is 2.80. The van der Waals surface area contributed by atoms with Crippen LogP contribution < -0.4 is 11.3 Å². The lowest BCUT2D eigenvalue weighted by Gasteiger charge is -2.16. The van der Waals surface area contributed by atoms with E-state index in [1.54, 1.807) is 0 Å². The van der Waals surface area contributed by atoms with E-state index in [9.17, 15) is 0 Å². The molecule has 1 unspecified atom stereocenters. The summed E-state index contributed by atoms with van der Waals surface area (Å²) in [5.74, 6) is 6.74. The molecular formula is C14H19BrN4. The van der Waals surface area contributed by atoms with Crippen LogP contribution in [0.15, 0.2) is 41.1 Å². The Bertz CT molecular complexity index is 524. The lowest BCUT2D eigenvalue weighted by Crippen LogP contribution is -2.37. The molecule has 4 nitrogen and oxygen atoms in total. The minimum atomic E-state index is 0.256. The van der Waals surface area contributed by atoms with Gasteiger partial charge in [0.2, 0.25) is 0 Å². The molecule has 2 aromatic rings. The second-order valence-electron chi connectivity index (χ2n) is 4.69. The number of aromatic nitrogens is 2. The first kappa shape index (κ1) is 14.2. The second-order valence-corrected chi connectivity index (χ2v) is 5.61. The van der Waals surface area contributed by atoms with Crippen LogP contribution >= 0.6 is 15.9 Å². The summed E-state index contributed by atoms with van der Waals surface area (Å²) in [5, 5.41) is 0. The van der Waals surface area contributed by atoms with Gasteiger partial charge in [0.15, 0.2) is 0 Å². The molecule has 1 atom stereocenters. The maximum absolute atomic E-state index is 5.65. The van der Waals surface area contributed by atoms with Crippen LogP contribution in [0.1, 0.15) is 17.8 Å². The molecule has 1 aromatic heterocycles. The smallest absolute Gasteiger partial charge is 0.108 e. The van der Waals surface area contributed by atoms with Crippen LogP contribution in [-0.2, 0) is 19.9 Å². The van der Waals surface area contributed by atoms with Crippen LogP contribution in [-0.4, -0.2) is 15.6 Å². The van der Waals surface area contributed by atoms with Crippen LogP contribution in [0.5, 0.6) is 0 Å². The number of imidazole rings is 1. The highest BCUT2D eigenvalue weighted by atomic mass is 79.9. The largest absolute Gasteiger partial charge is 0.338 e. The number of benzene rings is 1. The summed E-state index contributed by atoms with van der Waals surface area (Å²) in [7, 11) is 2.02. The van der Waals surface area contributed by atoms with Gasteiger partial charge in [0.05, 0.1) is 0 Å². The summed E-state index contributed by atoms with van der Waals surface area (Å²) in [4.78, 5) is 4.33. The van der Waals surface area contributed by atoms with E-state index in [1.165, 1.54) is 5.56 Å². The maximum Gasteiger partial charge on any atom is 0.108 e. The van der Waals surface area contributed by atoms with Gasteiger partial charge in [0.25, 0.3) is 0 Å². The molecule has 0 bridgehead atoms. The summed E-state index contributed by atoms with van der Waals surface area (Å²) in [6.07, 6.45) is 6.60. The van der Waals surface area contributed by atoms with E-state index >= 15 is 0 Å². The van der Waals surface area contributed by atoms with Gasteiger partial charge >= 0.3 is 0 Å². The predicted octanol–water partition coefficient (Wildman–Crippen LogP) is 2.19. The summed E-state index contributed by atoms with van der Waals surface area (Å²) < 4.78 is 3.15. The Morgan fingerprint density at radius 2 is 2.32 bits per heavy atom. The van der Waals surface area contributed by atoms with Crippen molar-refractivity contribution in [2.75, 3.05) is 0 Å². The lowest BCUT2D eigenvalue weighted by molar-refractivity contribution is 0.483. The molecule has 19 heavy (non-hydrogen) atoms. The normalized spacial score (nSPS) is 12.6. The molecule has 0 saturated heterocycles. The molecule has 0 fully saturated rings. The van der Waals surface area contributed by atoms with Crippen molar-refractivity contribution in [1.82, 2.24) is 15.0 Å². The molecule has 0 radical (unpaired) electrons. The van der Waals surface area contributed by atoms with Gasteiger partial charge in [-0.05, 0) is 30.5 Å². The fraction of sp³-hybridized carbons (Fsp3) is 0.357. The van der Waals surface area contributed by atoms with Crippen LogP contribution in [0.25, 0.3) is 0 Å². The van der Waals surface area contributed by atoms with Gasteiger partial charge < -0.3 is 4.57 Å². The van der Waals surface area contributed by atoms with Crippen LogP contribution in [0, 0.1) is 0 Å². The highest BCUT2D eigenvalue weighted by molar-refractivity contribution is 9.10. The zero-order chi connectivity index (χ0) is 13.7. The first-order chi connectivity index (χ1) is 9.19. The van der Waals surface area contributed by atoms with E-state index in [0.717, 1.165) is 29.6 Å². The Morgan fingerprint density at radius 1 is 1.47 bits per heavy atom. The predicted molar refractivity (Wildman–Crippen MR) is 80.5 cm³/mol. The summed E-state index contributed by atoms with van der Waals surface area (Å²) in [6, 6.07) is 8.58. The summed E-state index contributed by atoms with van der Waals surface area (Å²) in [5.41, 5.74) is 4.17. The molecular weight excluding hydrogens is 304 g/mol. The van der Waals surface area contributed by atoms with E-state index < -0.39 is 0 Å². The molecule has 102 valence electrons. The molecule has 0 aliphatic carbocycles. The average molecular weight is 323 g/mol. The minimum Gasteiger partial charge on any atom is -0.338 e. The molecule has 1 heterocycles. The Kier molecular flexibility index (Phi) is 5.13. The number of nitrogens with two attached hydrogens (primary N) is 1. The van der Waals surface area contributed by atoms with Gasteiger partial charge in [-0.15, -0.1) is 0 Å². The van der Waals surface area contributed by atoms with E-state index in [1.807, 2.05) is 36.1 Å². The van der Waals surface area contributed by atoms with Crippen LogP contribution in [0.2, 0.25) is 0 Å². The Labute approximate surface area is 122 Å². The second kappa shape index (κ2) is 6.84. The van der Waals surface area contributed by atoms with Gasteiger partial charge in [-0.3, -0.25) is 11.3 Å². The van der Waals surface area contributed by atoms with Gasteiger partial charge in [-0.25, -0.2) is 4.98 Å². The van der Waals surface area contributed by atoms with E-state index in [0.29, 0.717) is 0 Å². The van der Waals surface area contributed by atoms with Crippen molar-refractivity contribution in [1.29, 1.82) is 0 Å². The molecule has 5 heteroatoms. The number of hydrogen-bond acceptors (Lipinski definition) is 3. The molecule has 0 spiro atoms. The van der Waals surface area contributed by atoms with Crippen molar-refractivity contribution in [2.24, 2.45) is 12.9 Å². The fourth-order valence-corrected chi connectivity index (χ4v) is 2.58. The number of hydrazine groups is 1. The quantitative estimate of drug-likeness (QED) is 0.633. The topological polar surface area (TPSA) is 55.9 Å². The van der Waals surface area contributed by atoms with Gasteiger partial charge in [-0.2, -0.15) is 0 Å². The third kappa shape index (κ3) is 4.16. The zero-order valence-electron chi connectivity index (χ0n) is 11.0. The molecule has 0 amide bonds. The molecule has 1 aromatic carbocycles. The monoisotopic (exact) mass is 322 g/mol. The van der Waals surface area contributed by atoms with Crippen molar-refractivity contribution in [3.63, 3.8) is 0 Å². The lowest BCUT2D eigenvalue weighted by atomic mass is 10.0. The minimum absolute atomic E-state index is 0.256. The highest BCUT2D eigenvalue weighted by Crippen LogP contribution is 2.14. The van der Waals surface area contributed by atoms with Crippen molar-refractivity contribution in [2.45, 2.75) is 25.3 Å². The molecule has 0 aliphatic heterocycles. The Balaban J connectivity index is 1.92. The third-order valence-corrected chi connectivity index (χ3v) is 3.74. The van der Waals surface area contributed by atoms with Crippen LogP contribution in [0.4, 0.5) is 0 Å². The van der Waals surface area contributed by atoms with E-state index in [-0.39, 0.29) is 6.04 Å². The number of halogens is 1. The standard InChI is InChI=1S/C14H19BrN4/c1-19-8-7-17-14(19)6-5-13(18-16)10-11-3-2-4-12(15)9-11/h2-4,7-9,13,18H,5-6,10,16H2,1H3. The van der Waals surface area contributed by atoms with Gasteiger partial charge in [0.1, 0.15) is 5.82 Å². The van der Waals surface area contributed by atoms with E-state index in [4.69, 9.17) is 5.84 Å². The molecule has 3 N–H and O–H groups in total. The summed E-state index contributed by atoms with van der Waals surface area (Å²) >= 11 is 3.49. The first-order valence-electron chi connectivity index (χ1n) is 6.36. The molecule has 0 saturated carbocycles. The van der Waals surface area contributed by atoms with Crippen molar-refractivity contribution >= 4 is 15.9 Å². The molecule has 0 aliphatic rings. The SMILES string of the molecule is Cn1ccnc1CCC(Cc1cccc(Br)c1)NN. The molecule has 2 rings (SSSR count). The highest BCUT2D eigenvalue weighted by Gasteiger charge is 2.10. The van der Waals surface area contributed by atoms with Gasteiger partial charge in [0, 0.05) is 36.4 Å². The van der Waals surface area contributed by atoms with Crippen LogP contribution in [0.3, 0.4) is 0 Å². The maximum atomic E-state index is 5.65. The number of rotatable bonds is 6. The Hall–Kier alpha value is -1.17. The van der Waals surface area contributed by atoms with E-state index in [2.05, 4.69) is 38.5 Å². The number of nitrogens with one attached hydrogen (secondary N) is 1.